The lowest BCUT2D eigenvalue weighted by Gasteiger charge is -2.08. The van der Waals surface area contributed by atoms with Gasteiger partial charge in [-0.05, 0) is 35.9 Å². The van der Waals surface area contributed by atoms with Gasteiger partial charge in [-0.15, -0.1) is 0 Å². The molecule has 0 bridgehead atoms. The molecule has 24 heavy (non-hydrogen) atoms. The maximum Gasteiger partial charge on any atom is 0.163 e. The SMILES string of the molecule is COc1ccccc1-c1nn2cccnc2c1-c1ccc(Cl)cc1. The Hall–Kier alpha value is -2.85. The predicted molar refractivity (Wildman–Crippen MR) is 95.4 cm³/mol. The fourth-order valence-corrected chi connectivity index (χ4v) is 2.92. The first kappa shape index (κ1) is 14.7. The average Bonchev–Trinajstić information content (AvgIpc) is 3.01. The van der Waals surface area contributed by atoms with Gasteiger partial charge in [0.1, 0.15) is 11.4 Å². The minimum absolute atomic E-state index is 0.696. The summed E-state index contributed by atoms with van der Waals surface area (Å²) in [7, 11) is 1.66. The van der Waals surface area contributed by atoms with Crippen molar-refractivity contribution in [3.05, 3.63) is 72.0 Å². The Balaban J connectivity index is 2.05. The van der Waals surface area contributed by atoms with Gasteiger partial charge < -0.3 is 4.74 Å². The van der Waals surface area contributed by atoms with Crippen LogP contribution in [0, 0.1) is 0 Å². The monoisotopic (exact) mass is 335 g/mol. The molecule has 0 N–H and O–H groups in total. The fourth-order valence-electron chi connectivity index (χ4n) is 2.80. The van der Waals surface area contributed by atoms with Crippen LogP contribution in [0.25, 0.3) is 28.0 Å². The van der Waals surface area contributed by atoms with Gasteiger partial charge in [0.2, 0.25) is 0 Å². The molecule has 2 aromatic carbocycles. The molecule has 0 aliphatic carbocycles. The molecule has 0 saturated heterocycles. The standard InChI is InChI=1S/C19H14ClN3O/c1-24-16-6-3-2-5-15(16)18-17(13-7-9-14(20)10-8-13)19-21-11-4-12-23(19)22-18/h2-12H,1H3. The summed E-state index contributed by atoms with van der Waals surface area (Å²) in [6, 6.07) is 17.4. The lowest BCUT2D eigenvalue weighted by atomic mass is 10.0. The van der Waals surface area contributed by atoms with E-state index in [1.54, 1.807) is 17.8 Å². The van der Waals surface area contributed by atoms with E-state index in [9.17, 15) is 0 Å². The van der Waals surface area contributed by atoms with E-state index in [1.807, 2.05) is 60.8 Å². The molecule has 0 atom stereocenters. The van der Waals surface area contributed by atoms with Crippen molar-refractivity contribution in [3.8, 4) is 28.1 Å². The third-order valence-electron chi connectivity index (χ3n) is 3.89. The molecule has 118 valence electrons. The van der Waals surface area contributed by atoms with E-state index in [4.69, 9.17) is 21.4 Å². The molecule has 0 aliphatic rings. The van der Waals surface area contributed by atoms with Crippen molar-refractivity contribution in [1.82, 2.24) is 14.6 Å². The number of methoxy groups -OCH3 is 1. The van der Waals surface area contributed by atoms with Crippen LogP contribution >= 0.6 is 11.6 Å². The molecule has 2 heterocycles. The summed E-state index contributed by atoms with van der Waals surface area (Å²) in [5, 5.41) is 5.43. The highest BCUT2D eigenvalue weighted by molar-refractivity contribution is 6.30. The third-order valence-corrected chi connectivity index (χ3v) is 4.14. The van der Waals surface area contributed by atoms with Gasteiger partial charge in [-0.3, -0.25) is 0 Å². The summed E-state index contributed by atoms with van der Waals surface area (Å²) in [6.07, 6.45) is 3.66. The summed E-state index contributed by atoms with van der Waals surface area (Å²) in [6.45, 7) is 0. The Kier molecular flexibility index (Phi) is 3.67. The Morgan fingerprint density at radius 1 is 1.00 bits per heavy atom. The van der Waals surface area contributed by atoms with Gasteiger partial charge in [0.05, 0.1) is 12.7 Å². The highest BCUT2D eigenvalue weighted by atomic mass is 35.5. The molecule has 0 aliphatic heterocycles. The molecule has 0 saturated carbocycles. The van der Waals surface area contributed by atoms with E-state index in [-0.39, 0.29) is 0 Å². The lowest BCUT2D eigenvalue weighted by molar-refractivity contribution is 0.416. The van der Waals surface area contributed by atoms with Crippen molar-refractivity contribution < 1.29 is 4.74 Å². The number of ether oxygens (including phenoxy) is 1. The van der Waals surface area contributed by atoms with Gasteiger partial charge in [0.25, 0.3) is 0 Å². The fraction of sp³-hybridized carbons (Fsp3) is 0.0526. The molecule has 4 nitrogen and oxygen atoms in total. The molecular weight excluding hydrogens is 322 g/mol. The summed E-state index contributed by atoms with van der Waals surface area (Å²) in [4.78, 5) is 4.51. The van der Waals surface area contributed by atoms with Crippen molar-refractivity contribution in [3.63, 3.8) is 0 Å². The number of hydrogen-bond donors (Lipinski definition) is 0. The van der Waals surface area contributed by atoms with Gasteiger partial charge in [-0.25, -0.2) is 9.50 Å². The first-order valence-corrected chi connectivity index (χ1v) is 7.88. The second-order valence-electron chi connectivity index (χ2n) is 5.32. The normalized spacial score (nSPS) is 10.9. The molecule has 0 fully saturated rings. The van der Waals surface area contributed by atoms with Gasteiger partial charge >= 0.3 is 0 Å². The molecule has 5 heteroatoms. The highest BCUT2D eigenvalue weighted by Crippen LogP contribution is 2.38. The summed E-state index contributed by atoms with van der Waals surface area (Å²) < 4.78 is 7.30. The lowest BCUT2D eigenvalue weighted by Crippen LogP contribution is -1.90. The molecule has 0 unspecified atom stereocenters. The number of para-hydroxylation sites is 1. The van der Waals surface area contributed by atoms with Crippen LogP contribution in [0.3, 0.4) is 0 Å². The minimum atomic E-state index is 0.696. The molecule has 4 aromatic rings. The topological polar surface area (TPSA) is 39.4 Å². The van der Waals surface area contributed by atoms with Crippen molar-refractivity contribution in [2.24, 2.45) is 0 Å². The Morgan fingerprint density at radius 3 is 2.58 bits per heavy atom. The number of hydrogen-bond acceptors (Lipinski definition) is 3. The quantitative estimate of drug-likeness (QED) is 0.543. The number of rotatable bonds is 3. The van der Waals surface area contributed by atoms with Gasteiger partial charge in [-0.1, -0.05) is 35.9 Å². The smallest absolute Gasteiger partial charge is 0.163 e. The summed E-state index contributed by atoms with van der Waals surface area (Å²) in [5.74, 6) is 0.774. The molecule has 0 radical (unpaired) electrons. The van der Waals surface area contributed by atoms with Crippen LogP contribution in [0.15, 0.2) is 67.0 Å². The van der Waals surface area contributed by atoms with E-state index in [0.717, 1.165) is 33.8 Å². The minimum Gasteiger partial charge on any atom is -0.496 e. The third kappa shape index (κ3) is 2.41. The first-order chi connectivity index (χ1) is 11.8. The van der Waals surface area contributed by atoms with Crippen LogP contribution < -0.4 is 4.74 Å². The Labute approximate surface area is 144 Å². The van der Waals surface area contributed by atoms with E-state index < -0.39 is 0 Å². The average molecular weight is 336 g/mol. The Bertz CT molecular complexity index is 1010. The number of nitrogens with zero attached hydrogens (tertiary/aromatic N) is 3. The maximum absolute atomic E-state index is 6.04. The van der Waals surface area contributed by atoms with E-state index in [1.165, 1.54) is 0 Å². The first-order valence-electron chi connectivity index (χ1n) is 7.50. The molecule has 2 aromatic heterocycles. The highest BCUT2D eigenvalue weighted by Gasteiger charge is 2.19. The number of benzene rings is 2. The zero-order valence-corrected chi connectivity index (χ0v) is 13.7. The number of halogens is 1. The van der Waals surface area contributed by atoms with Crippen LogP contribution in [-0.2, 0) is 0 Å². The van der Waals surface area contributed by atoms with E-state index in [0.29, 0.717) is 5.02 Å². The van der Waals surface area contributed by atoms with Gasteiger partial charge in [0.15, 0.2) is 5.65 Å². The van der Waals surface area contributed by atoms with Crippen LogP contribution in [0.4, 0.5) is 0 Å². The molecule has 4 rings (SSSR count). The van der Waals surface area contributed by atoms with Crippen LogP contribution in [0.1, 0.15) is 0 Å². The van der Waals surface area contributed by atoms with Gasteiger partial charge in [0, 0.05) is 23.0 Å². The number of fused-ring (bicyclic) bond motifs is 1. The van der Waals surface area contributed by atoms with Crippen LogP contribution in [0.5, 0.6) is 5.75 Å². The second-order valence-corrected chi connectivity index (χ2v) is 5.76. The molecule has 0 amide bonds. The number of aromatic nitrogens is 3. The zero-order valence-electron chi connectivity index (χ0n) is 13.0. The van der Waals surface area contributed by atoms with Crippen molar-refractivity contribution in [2.75, 3.05) is 7.11 Å². The second kappa shape index (κ2) is 5.98. The van der Waals surface area contributed by atoms with Gasteiger partial charge in [-0.2, -0.15) is 5.10 Å². The Morgan fingerprint density at radius 2 is 1.79 bits per heavy atom. The molecule has 0 spiro atoms. The maximum atomic E-state index is 6.04. The van der Waals surface area contributed by atoms with Crippen LogP contribution in [0.2, 0.25) is 5.02 Å². The zero-order chi connectivity index (χ0) is 16.5. The van der Waals surface area contributed by atoms with Crippen molar-refractivity contribution >= 4 is 17.2 Å². The largest absolute Gasteiger partial charge is 0.496 e. The summed E-state index contributed by atoms with van der Waals surface area (Å²) in [5.41, 5.74) is 4.51. The van der Waals surface area contributed by atoms with Crippen molar-refractivity contribution in [2.45, 2.75) is 0 Å². The molecular formula is C19H14ClN3O. The van der Waals surface area contributed by atoms with E-state index in [2.05, 4.69) is 4.98 Å². The van der Waals surface area contributed by atoms with Crippen molar-refractivity contribution in [1.29, 1.82) is 0 Å². The van der Waals surface area contributed by atoms with Crippen LogP contribution in [-0.4, -0.2) is 21.7 Å². The van der Waals surface area contributed by atoms with E-state index >= 15 is 0 Å². The predicted octanol–water partition coefficient (Wildman–Crippen LogP) is 4.73. The summed E-state index contributed by atoms with van der Waals surface area (Å²) >= 11 is 6.04.